The second-order valence-corrected chi connectivity index (χ2v) is 14.2. The van der Waals surface area contributed by atoms with E-state index in [1.165, 1.54) is 0 Å². The number of hydrogen-bond donors (Lipinski definition) is 2. The number of fused-ring (bicyclic) bond motifs is 1. The van der Waals surface area contributed by atoms with E-state index in [0.717, 1.165) is 27.8 Å². The van der Waals surface area contributed by atoms with Crippen LogP contribution in [0.4, 0.5) is 16.3 Å². The Balaban J connectivity index is 1.30. The van der Waals surface area contributed by atoms with Gasteiger partial charge in [-0.1, -0.05) is 91.0 Å². The third kappa shape index (κ3) is 8.01. The Morgan fingerprint density at radius 3 is 1.81 bits per heavy atom. The van der Waals surface area contributed by atoms with E-state index in [4.69, 9.17) is 15.2 Å². The summed E-state index contributed by atoms with van der Waals surface area (Å²) in [5, 5.41) is 2.90. The van der Waals surface area contributed by atoms with Gasteiger partial charge in [-0.25, -0.2) is 9.78 Å². The van der Waals surface area contributed by atoms with Crippen LogP contribution in [0.1, 0.15) is 52.0 Å². The Hall–Kier alpha value is -5.51. The summed E-state index contributed by atoms with van der Waals surface area (Å²) in [5.74, 6) is -0.682. The van der Waals surface area contributed by atoms with E-state index in [1.54, 1.807) is 18.3 Å². The molecule has 3 amide bonds. The van der Waals surface area contributed by atoms with Crippen LogP contribution in [0.25, 0.3) is 0 Å². The number of urea groups is 1. The third-order valence-electron chi connectivity index (χ3n) is 9.79. The molecule has 1 aromatic heterocycles. The number of carbonyl (C=O) groups excluding carboxylic acids is 2. The van der Waals surface area contributed by atoms with E-state index in [-0.39, 0.29) is 30.6 Å². The average Bonchev–Trinajstić information content (AvgIpc) is 3.44. The summed E-state index contributed by atoms with van der Waals surface area (Å²) in [6, 6.07) is 38.3. The highest BCUT2D eigenvalue weighted by molar-refractivity contribution is 6.03. The second-order valence-electron chi connectivity index (χ2n) is 14.2. The number of amides is 3. The molecule has 52 heavy (non-hydrogen) atoms. The number of benzene rings is 4. The van der Waals surface area contributed by atoms with Crippen molar-refractivity contribution in [1.29, 1.82) is 0 Å². The molecule has 2 fully saturated rings. The number of carbonyl (C=O) groups is 2. The fourth-order valence-electron chi connectivity index (χ4n) is 7.38. The van der Waals surface area contributed by atoms with Crippen LogP contribution in [-0.4, -0.2) is 56.8 Å². The third-order valence-corrected chi connectivity index (χ3v) is 9.79. The SMILES string of the molecule is Cc1ccc(NC(=O)c2cccc(CN3C(=O)N(Cc4cccc(N)c4)[C@H](Cc4ccccc4)[C@@H]4OC(C)(C)O[C@H]4[C@H]3Cc3ccccc3)c2)nc1. The summed E-state index contributed by atoms with van der Waals surface area (Å²) in [7, 11) is 0. The fourth-order valence-corrected chi connectivity index (χ4v) is 7.38. The highest BCUT2D eigenvalue weighted by Crippen LogP contribution is 2.40. The number of aryl methyl sites for hydroxylation is 1. The molecule has 4 aromatic carbocycles. The van der Waals surface area contributed by atoms with E-state index in [0.29, 0.717) is 36.5 Å². The number of ether oxygens (including phenoxy) is 2. The normalized spacial score (nSPS) is 21.0. The minimum atomic E-state index is -0.879. The van der Waals surface area contributed by atoms with Crippen molar-refractivity contribution in [3.63, 3.8) is 0 Å². The molecule has 9 heteroatoms. The molecule has 2 aliphatic heterocycles. The molecule has 2 aliphatic rings. The van der Waals surface area contributed by atoms with E-state index in [9.17, 15) is 4.79 Å². The number of rotatable bonds is 10. The van der Waals surface area contributed by atoms with E-state index < -0.39 is 18.0 Å². The van der Waals surface area contributed by atoms with E-state index in [1.807, 2.05) is 116 Å². The maximum atomic E-state index is 15.3. The smallest absolute Gasteiger partial charge is 0.321 e. The first-order chi connectivity index (χ1) is 25.1. The quantitative estimate of drug-likeness (QED) is 0.147. The van der Waals surface area contributed by atoms with Gasteiger partial charge in [-0.3, -0.25) is 4.79 Å². The van der Waals surface area contributed by atoms with Crippen LogP contribution >= 0.6 is 0 Å². The molecule has 0 saturated carbocycles. The highest BCUT2D eigenvalue weighted by atomic mass is 16.8. The summed E-state index contributed by atoms with van der Waals surface area (Å²) >= 11 is 0. The second kappa shape index (κ2) is 15.0. The molecule has 2 saturated heterocycles. The summed E-state index contributed by atoms with van der Waals surface area (Å²) < 4.78 is 13.6. The van der Waals surface area contributed by atoms with Crippen LogP contribution in [0, 0.1) is 6.92 Å². The van der Waals surface area contributed by atoms with Crippen molar-refractivity contribution in [2.45, 2.75) is 76.8 Å². The molecular weight excluding hydrogens is 651 g/mol. The van der Waals surface area contributed by atoms with Gasteiger partial charge in [-0.2, -0.15) is 0 Å². The number of anilines is 2. The van der Waals surface area contributed by atoms with Crippen molar-refractivity contribution >= 4 is 23.4 Å². The lowest BCUT2D eigenvalue weighted by Gasteiger charge is -2.37. The predicted octanol–water partition coefficient (Wildman–Crippen LogP) is 7.41. The lowest BCUT2D eigenvalue weighted by atomic mass is 9.91. The van der Waals surface area contributed by atoms with Gasteiger partial charge in [0.05, 0.1) is 12.1 Å². The number of nitrogen functional groups attached to an aromatic ring is 1. The largest absolute Gasteiger partial charge is 0.399 e. The maximum Gasteiger partial charge on any atom is 0.321 e. The molecule has 0 unspecified atom stereocenters. The van der Waals surface area contributed by atoms with Crippen molar-refractivity contribution < 1.29 is 19.1 Å². The molecule has 0 aliphatic carbocycles. The average molecular weight is 696 g/mol. The van der Waals surface area contributed by atoms with Gasteiger partial charge in [0.2, 0.25) is 0 Å². The number of nitrogens with two attached hydrogens (primary N) is 1. The number of nitrogens with zero attached hydrogens (tertiary/aromatic N) is 3. The van der Waals surface area contributed by atoms with Crippen LogP contribution in [-0.2, 0) is 35.4 Å². The number of nitrogens with one attached hydrogen (secondary N) is 1. The Labute approximate surface area is 305 Å². The van der Waals surface area contributed by atoms with Crippen molar-refractivity contribution in [3.05, 3.63) is 161 Å². The first kappa shape index (κ1) is 34.9. The molecule has 0 radical (unpaired) electrons. The van der Waals surface area contributed by atoms with Crippen molar-refractivity contribution in [3.8, 4) is 0 Å². The molecule has 3 heterocycles. The van der Waals surface area contributed by atoms with Crippen LogP contribution in [0.5, 0.6) is 0 Å². The molecule has 4 atom stereocenters. The lowest BCUT2D eigenvalue weighted by molar-refractivity contribution is -0.157. The molecule has 0 bridgehead atoms. The first-order valence-electron chi connectivity index (χ1n) is 17.8. The minimum Gasteiger partial charge on any atom is -0.399 e. The molecule has 266 valence electrons. The lowest BCUT2D eigenvalue weighted by Crippen LogP contribution is -2.51. The molecule has 5 aromatic rings. The van der Waals surface area contributed by atoms with Crippen LogP contribution < -0.4 is 11.1 Å². The van der Waals surface area contributed by atoms with Crippen molar-refractivity contribution in [1.82, 2.24) is 14.8 Å². The van der Waals surface area contributed by atoms with Gasteiger partial charge < -0.3 is 30.3 Å². The van der Waals surface area contributed by atoms with Gasteiger partial charge in [-0.05, 0) is 91.8 Å². The van der Waals surface area contributed by atoms with E-state index in [2.05, 4.69) is 34.6 Å². The molecule has 3 N–H and O–H groups in total. The Kier molecular flexibility index (Phi) is 10.1. The molecular formula is C43H45N5O4. The number of aromatic nitrogens is 1. The van der Waals surface area contributed by atoms with Crippen molar-refractivity contribution in [2.75, 3.05) is 11.1 Å². The molecule has 0 spiro atoms. The maximum absolute atomic E-state index is 15.3. The summed E-state index contributed by atoms with van der Waals surface area (Å²) in [4.78, 5) is 36.9. The minimum absolute atomic E-state index is 0.137. The van der Waals surface area contributed by atoms with Gasteiger partial charge in [0.25, 0.3) is 5.91 Å². The zero-order valence-electron chi connectivity index (χ0n) is 29.8. The Bertz CT molecular complexity index is 2000. The Morgan fingerprint density at radius 2 is 1.27 bits per heavy atom. The summed E-state index contributed by atoms with van der Waals surface area (Å²) in [6.45, 7) is 6.41. The zero-order chi connectivity index (χ0) is 36.2. The van der Waals surface area contributed by atoms with Crippen LogP contribution in [0.15, 0.2) is 128 Å². The molecule has 7 rings (SSSR count). The van der Waals surface area contributed by atoms with Gasteiger partial charge in [0.15, 0.2) is 5.79 Å². The Morgan fingerprint density at radius 1 is 0.731 bits per heavy atom. The summed E-state index contributed by atoms with van der Waals surface area (Å²) in [5.41, 5.74) is 12.3. The van der Waals surface area contributed by atoms with E-state index >= 15 is 4.79 Å². The number of hydrogen-bond acceptors (Lipinski definition) is 6. The highest BCUT2D eigenvalue weighted by Gasteiger charge is 2.55. The monoisotopic (exact) mass is 695 g/mol. The van der Waals surface area contributed by atoms with Gasteiger partial charge in [0.1, 0.15) is 18.0 Å². The van der Waals surface area contributed by atoms with Gasteiger partial charge >= 0.3 is 6.03 Å². The number of pyridine rings is 1. The van der Waals surface area contributed by atoms with Gasteiger partial charge in [0, 0.05) is 30.5 Å². The molecule has 9 nitrogen and oxygen atoms in total. The van der Waals surface area contributed by atoms with Crippen LogP contribution in [0.2, 0.25) is 0 Å². The summed E-state index contributed by atoms with van der Waals surface area (Å²) in [6.07, 6.45) is 1.96. The topological polar surface area (TPSA) is 110 Å². The first-order valence-corrected chi connectivity index (χ1v) is 17.8. The van der Waals surface area contributed by atoms with Gasteiger partial charge in [-0.15, -0.1) is 0 Å². The zero-order valence-corrected chi connectivity index (χ0v) is 29.8. The van der Waals surface area contributed by atoms with Crippen molar-refractivity contribution in [2.24, 2.45) is 0 Å². The fraction of sp³-hybridized carbons (Fsp3) is 0.279. The standard InChI is InChI=1S/C43H45N5O4/c1-29-20-21-38(45-26-29)46-41(49)34-18-10-16-32(22-34)27-47-36(24-30-12-6-4-7-13-30)39-40(52-43(2,3)51-39)37(25-31-14-8-5-9-15-31)48(42(47)50)28-33-17-11-19-35(44)23-33/h4-23,26,36-37,39-40H,24-25,27-28,44H2,1-3H3,(H,45,46,49)/t36-,37-,39+,40+/m1/s1. The van der Waals surface area contributed by atoms with Crippen LogP contribution in [0.3, 0.4) is 0 Å². The predicted molar refractivity (Wildman–Crippen MR) is 202 cm³/mol.